The zero-order valence-corrected chi connectivity index (χ0v) is 13.7. The number of benzene rings is 1. The summed E-state index contributed by atoms with van der Waals surface area (Å²) in [7, 11) is -3.50. The minimum Gasteiger partial charge on any atom is -0.504 e. The van der Waals surface area contributed by atoms with Crippen LogP contribution in [0.1, 0.15) is 23.7 Å². The molecule has 2 aromatic rings. The molecule has 1 heterocycles. The molecule has 0 atom stereocenters. The summed E-state index contributed by atoms with van der Waals surface area (Å²) in [4.78, 5) is 16.1. The molecular weight excluding hydrogens is 334 g/mol. The highest BCUT2D eigenvalue weighted by molar-refractivity contribution is 7.92. The van der Waals surface area contributed by atoms with E-state index in [0.717, 1.165) is 0 Å². The van der Waals surface area contributed by atoms with E-state index in [9.17, 15) is 23.4 Å². The first kappa shape index (κ1) is 17.5. The van der Waals surface area contributed by atoms with Crippen LogP contribution in [0.5, 0.6) is 11.5 Å². The summed E-state index contributed by atoms with van der Waals surface area (Å²) < 4.78 is 25.8. The fourth-order valence-corrected chi connectivity index (χ4v) is 2.98. The maximum atomic E-state index is 12.2. The number of aromatic hydroxyl groups is 2. The van der Waals surface area contributed by atoms with Crippen LogP contribution in [0.25, 0.3) is 0 Å². The van der Waals surface area contributed by atoms with Crippen molar-refractivity contribution in [1.29, 1.82) is 0 Å². The highest BCUT2D eigenvalue weighted by Gasteiger charge is 2.13. The largest absolute Gasteiger partial charge is 0.504 e. The van der Waals surface area contributed by atoms with Gasteiger partial charge in [0.2, 0.25) is 10.0 Å². The number of phenols is 2. The average molecular weight is 351 g/mol. The summed E-state index contributed by atoms with van der Waals surface area (Å²) in [5.74, 6) is -1.18. The van der Waals surface area contributed by atoms with Crippen molar-refractivity contribution in [3.05, 3.63) is 42.1 Å². The Balaban J connectivity index is 2.15. The van der Waals surface area contributed by atoms with E-state index in [0.29, 0.717) is 6.42 Å². The van der Waals surface area contributed by atoms with Gasteiger partial charge in [0, 0.05) is 23.5 Å². The molecule has 0 saturated carbocycles. The normalized spacial score (nSPS) is 11.0. The fraction of sp³-hybridized carbons (Fsp3) is 0.200. The predicted molar refractivity (Wildman–Crippen MR) is 89.7 cm³/mol. The number of hydrogen-bond acceptors (Lipinski definition) is 6. The highest BCUT2D eigenvalue weighted by Crippen LogP contribution is 2.27. The van der Waals surface area contributed by atoms with Crippen molar-refractivity contribution < 1.29 is 23.4 Å². The van der Waals surface area contributed by atoms with Crippen molar-refractivity contribution in [1.82, 2.24) is 4.98 Å². The maximum absolute atomic E-state index is 12.2. The van der Waals surface area contributed by atoms with Gasteiger partial charge in [-0.05, 0) is 30.7 Å². The van der Waals surface area contributed by atoms with Crippen LogP contribution in [0.2, 0.25) is 0 Å². The van der Waals surface area contributed by atoms with Gasteiger partial charge in [0.1, 0.15) is 5.82 Å². The van der Waals surface area contributed by atoms with E-state index in [1.54, 1.807) is 6.92 Å². The molecule has 4 N–H and O–H groups in total. The summed E-state index contributed by atoms with van der Waals surface area (Å²) in [6.07, 6.45) is 1.77. The van der Waals surface area contributed by atoms with Crippen molar-refractivity contribution in [2.45, 2.75) is 13.3 Å². The van der Waals surface area contributed by atoms with Gasteiger partial charge in [0.05, 0.1) is 5.75 Å². The zero-order valence-electron chi connectivity index (χ0n) is 12.9. The van der Waals surface area contributed by atoms with Gasteiger partial charge < -0.3 is 15.5 Å². The van der Waals surface area contributed by atoms with E-state index in [-0.39, 0.29) is 34.3 Å². The Bertz CT molecular complexity index is 852. The molecule has 0 saturated heterocycles. The lowest BCUT2D eigenvalue weighted by molar-refractivity contribution is 0.102. The van der Waals surface area contributed by atoms with Crippen molar-refractivity contribution in [3.8, 4) is 11.5 Å². The Labute approximate surface area is 139 Å². The molecule has 128 valence electrons. The molecule has 24 heavy (non-hydrogen) atoms. The van der Waals surface area contributed by atoms with Crippen molar-refractivity contribution in [3.63, 3.8) is 0 Å². The van der Waals surface area contributed by atoms with Crippen LogP contribution in [-0.4, -0.2) is 35.3 Å². The molecule has 2 rings (SSSR count). The number of rotatable bonds is 6. The minimum atomic E-state index is -3.50. The molecule has 0 radical (unpaired) electrons. The third kappa shape index (κ3) is 4.59. The number of pyridine rings is 1. The van der Waals surface area contributed by atoms with E-state index in [1.165, 1.54) is 36.5 Å². The Kier molecular flexibility index (Phi) is 5.24. The molecule has 1 aromatic carbocycles. The lowest BCUT2D eigenvalue weighted by atomic mass is 10.2. The third-order valence-corrected chi connectivity index (χ3v) is 4.45. The molecule has 0 aliphatic carbocycles. The van der Waals surface area contributed by atoms with E-state index >= 15 is 0 Å². The number of sulfonamides is 1. The first-order valence-corrected chi connectivity index (χ1v) is 8.76. The number of anilines is 2. The van der Waals surface area contributed by atoms with Gasteiger partial charge in [0.15, 0.2) is 11.5 Å². The number of nitrogens with zero attached hydrogens (tertiary/aromatic N) is 1. The molecule has 8 nitrogen and oxygen atoms in total. The van der Waals surface area contributed by atoms with Gasteiger partial charge in [-0.25, -0.2) is 13.4 Å². The van der Waals surface area contributed by atoms with Gasteiger partial charge in [0.25, 0.3) is 5.91 Å². The van der Waals surface area contributed by atoms with E-state index in [1.807, 2.05) is 0 Å². The molecule has 0 spiro atoms. The first-order valence-electron chi connectivity index (χ1n) is 7.10. The van der Waals surface area contributed by atoms with E-state index in [2.05, 4.69) is 15.0 Å². The van der Waals surface area contributed by atoms with Crippen molar-refractivity contribution in [2.24, 2.45) is 0 Å². The lowest BCUT2D eigenvalue weighted by Gasteiger charge is -2.09. The van der Waals surface area contributed by atoms with Gasteiger partial charge in [-0.15, -0.1) is 0 Å². The second-order valence-electron chi connectivity index (χ2n) is 5.01. The molecule has 0 aliphatic heterocycles. The van der Waals surface area contributed by atoms with Crippen LogP contribution < -0.4 is 10.0 Å². The SMILES string of the molecule is CCCS(=O)(=O)Nc1cc(C(=O)Nc2ccc(O)c(O)c2)ccn1. The number of amides is 1. The summed E-state index contributed by atoms with van der Waals surface area (Å²) in [6, 6.07) is 6.58. The smallest absolute Gasteiger partial charge is 0.255 e. The maximum Gasteiger partial charge on any atom is 0.255 e. The number of nitrogens with one attached hydrogen (secondary N) is 2. The number of hydrogen-bond donors (Lipinski definition) is 4. The van der Waals surface area contributed by atoms with E-state index < -0.39 is 15.9 Å². The van der Waals surface area contributed by atoms with Crippen LogP contribution >= 0.6 is 0 Å². The molecular formula is C15H17N3O5S. The van der Waals surface area contributed by atoms with Crippen LogP contribution in [0.15, 0.2) is 36.5 Å². The molecule has 1 amide bonds. The monoisotopic (exact) mass is 351 g/mol. The van der Waals surface area contributed by atoms with Crippen LogP contribution in [0.4, 0.5) is 11.5 Å². The summed E-state index contributed by atoms with van der Waals surface area (Å²) in [6.45, 7) is 1.74. The zero-order chi connectivity index (χ0) is 17.7. The topological polar surface area (TPSA) is 129 Å². The number of carbonyl (C=O) groups is 1. The van der Waals surface area contributed by atoms with E-state index in [4.69, 9.17) is 0 Å². The van der Waals surface area contributed by atoms with Crippen molar-refractivity contribution in [2.75, 3.05) is 15.8 Å². The van der Waals surface area contributed by atoms with Crippen LogP contribution in [0, 0.1) is 0 Å². The first-order chi connectivity index (χ1) is 11.3. The quantitative estimate of drug-likeness (QED) is 0.465. The van der Waals surface area contributed by atoms with Crippen LogP contribution in [0.3, 0.4) is 0 Å². The summed E-state index contributed by atoms with van der Waals surface area (Å²) in [5, 5.41) is 21.2. The van der Waals surface area contributed by atoms with Gasteiger partial charge >= 0.3 is 0 Å². The summed E-state index contributed by atoms with van der Waals surface area (Å²) in [5.41, 5.74) is 0.465. The molecule has 0 bridgehead atoms. The Morgan fingerprint density at radius 2 is 1.92 bits per heavy atom. The fourth-order valence-electron chi connectivity index (χ4n) is 1.91. The highest BCUT2D eigenvalue weighted by atomic mass is 32.2. The molecule has 0 unspecified atom stereocenters. The van der Waals surface area contributed by atoms with Gasteiger partial charge in [-0.3, -0.25) is 9.52 Å². The standard InChI is InChI=1S/C15H17N3O5S/c1-2-7-24(22,23)18-14-8-10(5-6-16-14)15(21)17-11-3-4-12(19)13(20)9-11/h3-6,8-9,19-20H,2,7H2,1H3,(H,16,18)(H,17,21). The Hall–Kier alpha value is -2.81. The van der Waals surface area contributed by atoms with Gasteiger partial charge in [-0.1, -0.05) is 6.92 Å². The molecule has 9 heteroatoms. The minimum absolute atomic E-state index is 0.0438. The number of aromatic nitrogens is 1. The van der Waals surface area contributed by atoms with Crippen molar-refractivity contribution >= 4 is 27.4 Å². The number of carbonyl (C=O) groups excluding carboxylic acids is 1. The predicted octanol–water partition coefficient (Wildman–Crippen LogP) is 1.90. The molecule has 0 aliphatic rings. The average Bonchev–Trinajstić information content (AvgIpc) is 2.50. The molecule has 1 aromatic heterocycles. The third-order valence-electron chi connectivity index (χ3n) is 2.99. The Morgan fingerprint density at radius 1 is 1.17 bits per heavy atom. The number of phenolic OH excluding ortho intramolecular Hbond substituents is 2. The molecule has 0 fully saturated rings. The van der Waals surface area contributed by atoms with Gasteiger partial charge in [-0.2, -0.15) is 0 Å². The lowest BCUT2D eigenvalue weighted by Crippen LogP contribution is -2.18. The summed E-state index contributed by atoms with van der Waals surface area (Å²) >= 11 is 0. The Morgan fingerprint density at radius 3 is 2.58 bits per heavy atom. The van der Waals surface area contributed by atoms with Crippen LogP contribution in [-0.2, 0) is 10.0 Å². The second kappa shape index (κ2) is 7.18. The second-order valence-corrected chi connectivity index (χ2v) is 6.85.